The summed E-state index contributed by atoms with van der Waals surface area (Å²) >= 11 is 6.22. The molecule has 6 nitrogen and oxygen atoms in total. The number of aromatic nitrogens is 3. The lowest BCUT2D eigenvalue weighted by molar-refractivity contribution is 0.191. The summed E-state index contributed by atoms with van der Waals surface area (Å²) < 4.78 is 0. The topological polar surface area (TPSA) is 65.1 Å². The van der Waals surface area contributed by atoms with Crippen LogP contribution in [0.4, 0.5) is 5.82 Å². The van der Waals surface area contributed by atoms with E-state index in [9.17, 15) is 4.79 Å². The predicted molar refractivity (Wildman–Crippen MR) is 91.0 cm³/mol. The number of nitrogens with one attached hydrogen (secondary N) is 1. The Labute approximate surface area is 140 Å². The van der Waals surface area contributed by atoms with Gasteiger partial charge in [0.05, 0.1) is 11.1 Å². The van der Waals surface area contributed by atoms with Crippen molar-refractivity contribution in [1.29, 1.82) is 0 Å². The van der Waals surface area contributed by atoms with Crippen molar-refractivity contribution in [2.24, 2.45) is 0 Å². The van der Waals surface area contributed by atoms with Gasteiger partial charge in [0.15, 0.2) is 0 Å². The van der Waals surface area contributed by atoms with Gasteiger partial charge < -0.3 is 9.88 Å². The maximum Gasteiger partial charge on any atom is 0.251 e. The van der Waals surface area contributed by atoms with E-state index >= 15 is 0 Å². The molecule has 1 aliphatic heterocycles. The van der Waals surface area contributed by atoms with Crippen molar-refractivity contribution in [1.82, 2.24) is 19.9 Å². The smallest absolute Gasteiger partial charge is 0.251 e. The van der Waals surface area contributed by atoms with Gasteiger partial charge in [-0.05, 0) is 26.0 Å². The molecule has 0 saturated carbocycles. The number of hydrogen-bond donors (Lipinski definition) is 1. The number of H-pyrrole nitrogens is 1. The highest BCUT2D eigenvalue weighted by Gasteiger charge is 2.25. The minimum Gasteiger partial charge on any atom is -0.353 e. The van der Waals surface area contributed by atoms with Crippen LogP contribution in [0.3, 0.4) is 0 Å². The summed E-state index contributed by atoms with van der Waals surface area (Å²) in [5, 5.41) is 0.679. The van der Waals surface area contributed by atoms with E-state index in [1.165, 1.54) is 6.07 Å². The van der Waals surface area contributed by atoms with E-state index in [4.69, 9.17) is 11.6 Å². The molecule has 0 aliphatic carbocycles. The molecule has 1 saturated heterocycles. The lowest BCUT2D eigenvalue weighted by atomic mass is 10.2. The zero-order chi connectivity index (χ0) is 16.4. The molecule has 23 heavy (non-hydrogen) atoms. The van der Waals surface area contributed by atoms with E-state index in [1.54, 1.807) is 6.20 Å². The first-order valence-corrected chi connectivity index (χ1v) is 8.10. The van der Waals surface area contributed by atoms with Gasteiger partial charge in [0.2, 0.25) is 0 Å². The Kier molecular flexibility index (Phi) is 4.63. The van der Waals surface area contributed by atoms with Gasteiger partial charge in [0.1, 0.15) is 11.6 Å². The van der Waals surface area contributed by atoms with Crippen molar-refractivity contribution in [3.05, 3.63) is 51.3 Å². The summed E-state index contributed by atoms with van der Waals surface area (Å²) in [6.45, 7) is 7.33. The minimum absolute atomic E-state index is 0.0731. The number of piperazine rings is 1. The maximum atomic E-state index is 11.6. The predicted octanol–water partition coefficient (Wildman–Crippen LogP) is 2.01. The lowest BCUT2D eigenvalue weighted by Crippen LogP contribution is -2.48. The van der Waals surface area contributed by atoms with Crippen LogP contribution in [0.15, 0.2) is 29.2 Å². The van der Waals surface area contributed by atoms with Crippen LogP contribution < -0.4 is 10.5 Å². The van der Waals surface area contributed by atoms with Crippen LogP contribution in [0, 0.1) is 6.92 Å². The second kappa shape index (κ2) is 6.68. The first-order valence-electron chi connectivity index (χ1n) is 7.72. The number of rotatable bonds is 3. The molecule has 3 rings (SSSR count). The van der Waals surface area contributed by atoms with Gasteiger partial charge in [-0.1, -0.05) is 11.6 Å². The normalized spacial score (nSPS) is 17.3. The molecule has 0 spiro atoms. The monoisotopic (exact) mass is 333 g/mol. The van der Waals surface area contributed by atoms with Crippen molar-refractivity contribution in [3.63, 3.8) is 0 Å². The summed E-state index contributed by atoms with van der Waals surface area (Å²) in [6, 6.07) is 5.28. The van der Waals surface area contributed by atoms with Crippen molar-refractivity contribution in [2.75, 3.05) is 31.1 Å². The fraction of sp³-hybridized carbons (Fsp3) is 0.438. The van der Waals surface area contributed by atoms with Crippen molar-refractivity contribution < 1.29 is 0 Å². The molecule has 1 N–H and O–H groups in total. The first-order chi connectivity index (χ1) is 11.0. The second-order valence-electron chi connectivity index (χ2n) is 5.78. The van der Waals surface area contributed by atoms with E-state index in [2.05, 4.69) is 31.7 Å². The Morgan fingerprint density at radius 3 is 2.70 bits per heavy atom. The largest absolute Gasteiger partial charge is 0.353 e. The molecular formula is C16H20ClN5O. The highest BCUT2D eigenvalue weighted by atomic mass is 35.5. The van der Waals surface area contributed by atoms with Gasteiger partial charge in [0.25, 0.3) is 5.56 Å². The van der Waals surface area contributed by atoms with E-state index in [0.717, 1.165) is 43.5 Å². The number of aromatic amines is 1. The molecule has 1 fully saturated rings. The van der Waals surface area contributed by atoms with Crippen LogP contribution in [-0.4, -0.2) is 46.0 Å². The van der Waals surface area contributed by atoms with Crippen molar-refractivity contribution in [3.8, 4) is 0 Å². The van der Waals surface area contributed by atoms with Gasteiger partial charge in [-0.2, -0.15) is 0 Å². The molecule has 2 aromatic heterocycles. The van der Waals surface area contributed by atoms with Crippen LogP contribution in [0.1, 0.15) is 24.5 Å². The number of aryl methyl sites for hydroxylation is 1. The molecule has 0 unspecified atom stereocenters. The summed E-state index contributed by atoms with van der Waals surface area (Å²) in [4.78, 5) is 27.8. The third-order valence-corrected chi connectivity index (χ3v) is 4.48. The number of hydrogen-bond acceptors (Lipinski definition) is 5. The maximum absolute atomic E-state index is 11.6. The fourth-order valence-electron chi connectivity index (χ4n) is 2.90. The fourth-order valence-corrected chi connectivity index (χ4v) is 3.15. The van der Waals surface area contributed by atoms with Crippen molar-refractivity contribution in [2.45, 2.75) is 19.9 Å². The molecule has 3 heterocycles. The molecule has 0 bridgehead atoms. The van der Waals surface area contributed by atoms with Crippen LogP contribution in [-0.2, 0) is 0 Å². The van der Waals surface area contributed by atoms with Gasteiger partial charge in [-0.15, -0.1) is 0 Å². The standard InChI is InChI=1S/C16H20ClN5O/c1-11-10-14(23)20-15(19-11)12(2)21-6-8-22(9-7-21)16-13(17)4-3-5-18-16/h3-5,10,12H,6-9H2,1-2H3,(H,19,20,23)/t12-/m0/s1. The Hall–Kier alpha value is -1.92. The average molecular weight is 334 g/mol. The SMILES string of the molecule is Cc1cc(=O)[nH]c([C@H](C)N2CCN(c3ncccc3Cl)CC2)n1. The van der Waals surface area contributed by atoms with Crippen molar-refractivity contribution >= 4 is 17.4 Å². The van der Waals surface area contributed by atoms with Gasteiger partial charge >= 0.3 is 0 Å². The summed E-state index contributed by atoms with van der Waals surface area (Å²) in [5.74, 6) is 1.56. The number of nitrogens with zero attached hydrogens (tertiary/aromatic N) is 4. The molecule has 7 heteroatoms. The van der Waals surface area contributed by atoms with E-state index in [1.807, 2.05) is 19.1 Å². The highest BCUT2D eigenvalue weighted by Crippen LogP contribution is 2.25. The lowest BCUT2D eigenvalue weighted by Gasteiger charge is -2.38. The molecule has 0 radical (unpaired) electrons. The molecule has 0 amide bonds. The van der Waals surface area contributed by atoms with Gasteiger partial charge in [-0.25, -0.2) is 9.97 Å². The highest BCUT2D eigenvalue weighted by molar-refractivity contribution is 6.32. The van der Waals surface area contributed by atoms with E-state index in [-0.39, 0.29) is 11.6 Å². The first kappa shape index (κ1) is 16.0. The third-order valence-electron chi connectivity index (χ3n) is 4.18. The van der Waals surface area contributed by atoms with E-state index in [0.29, 0.717) is 5.02 Å². The summed E-state index contributed by atoms with van der Waals surface area (Å²) in [5.41, 5.74) is 0.646. The Morgan fingerprint density at radius 2 is 2.04 bits per heavy atom. The summed E-state index contributed by atoms with van der Waals surface area (Å²) in [7, 11) is 0. The Balaban J connectivity index is 1.69. The molecule has 122 valence electrons. The quantitative estimate of drug-likeness (QED) is 0.930. The molecule has 1 atom stereocenters. The molecule has 2 aromatic rings. The average Bonchev–Trinajstić information content (AvgIpc) is 2.54. The van der Waals surface area contributed by atoms with Gasteiger partial charge in [0, 0.05) is 44.1 Å². The van der Waals surface area contributed by atoms with E-state index < -0.39 is 0 Å². The minimum atomic E-state index is -0.0988. The Morgan fingerprint density at radius 1 is 1.30 bits per heavy atom. The van der Waals surface area contributed by atoms with Crippen LogP contribution in [0.5, 0.6) is 0 Å². The van der Waals surface area contributed by atoms with Gasteiger partial charge in [-0.3, -0.25) is 9.69 Å². The molecule has 1 aliphatic rings. The third kappa shape index (κ3) is 3.54. The van der Waals surface area contributed by atoms with Crippen LogP contribution in [0.2, 0.25) is 5.02 Å². The number of halogens is 1. The number of anilines is 1. The van der Waals surface area contributed by atoms with Crippen LogP contribution >= 0.6 is 11.6 Å². The molecule has 0 aromatic carbocycles. The Bertz CT molecular complexity index is 739. The zero-order valence-corrected chi connectivity index (χ0v) is 14.0. The summed E-state index contributed by atoms with van der Waals surface area (Å²) in [6.07, 6.45) is 1.76. The molecular weight excluding hydrogens is 314 g/mol. The second-order valence-corrected chi connectivity index (χ2v) is 6.19. The zero-order valence-electron chi connectivity index (χ0n) is 13.3. The van der Waals surface area contributed by atoms with Crippen LogP contribution in [0.25, 0.3) is 0 Å². The number of pyridine rings is 1.